The third-order valence-electron chi connectivity index (χ3n) is 1.99. The van der Waals surface area contributed by atoms with Crippen LogP contribution in [0.2, 0.25) is 0 Å². The van der Waals surface area contributed by atoms with Crippen LogP contribution in [-0.2, 0) is 4.74 Å². The standard InChI is InChI=1S/C14H21NO4/c1-14(2,3)19-13(16)15-9-10-18-12-8-6-5-7-11(12)17-4/h5-8H,9-10H2,1-4H3,(H,15,16)/i4D3. The van der Waals surface area contributed by atoms with Crippen molar-refractivity contribution in [1.29, 1.82) is 0 Å². The average Bonchev–Trinajstić information content (AvgIpc) is 2.32. The maximum Gasteiger partial charge on any atom is 0.407 e. The molecule has 1 rings (SSSR count). The fourth-order valence-electron chi connectivity index (χ4n) is 1.28. The van der Waals surface area contributed by atoms with Crippen LogP contribution in [0, 0.1) is 0 Å². The van der Waals surface area contributed by atoms with Gasteiger partial charge in [0.15, 0.2) is 11.5 Å². The summed E-state index contributed by atoms with van der Waals surface area (Å²) in [5.74, 6) is 0.421. The lowest BCUT2D eigenvalue weighted by Crippen LogP contribution is -2.34. The topological polar surface area (TPSA) is 56.8 Å². The van der Waals surface area contributed by atoms with E-state index in [0.29, 0.717) is 5.75 Å². The van der Waals surface area contributed by atoms with Crippen molar-refractivity contribution in [3.05, 3.63) is 24.3 Å². The van der Waals surface area contributed by atoms with E-state index in [1.165, 1.54) is 6.07 Å². The molecule has 0 aliphatic rings. The molecule has 19 heavy (non-hydrogen) atoms. The van der Waals surface area contributed by atoms with Crippen LogP contribution >= 0.6 is 0 Å². The number of alkyl carbamates (subject to hydrolysis) is 1. The third kappa shape index (κ3) is 5.99. The van der Waals surface area contributed by atoms with Gasteiger partial charge in [-0.3, -0.25) is 0 Å². The summed E-state index contributed by atoms with van der Waals surface area (Å²) in [6, 6.07) is 6.44. The molecule has 0 heterocycles. The molecule has 0 aliphatic carbocycles. The highest BCUT2D eigenvalue weighted by Crippen LogP contribution is 2.25. The Hall–Kier alpha value is -1.91. The van der Waals surface area contributed by atoms with Crippen molar-refractivity contribution in [3.63, 3.8) is 0 Å². The minimum Gasteiger partial charge on any atom is -0.493 e. The first-order valence-corrected chi connectivity index (χ1v) is 5.94. The van der Waals surface area contributed by atoms with E-state index in [2.05, 4.69) is 5.32 Å². The van der Waals surface area contributed by atoms with Gasteiger partial charge in [-0.05, 0) is 32.9 Å². The van der Waals surface area contributed by atoms with E-state index >= 15 is 0 Å². The van der Waals surface area contributed by atoms with Gasteiger partial charge in [0.2, 0.25) is 0 Å². The van der Waals surface area contributed by atoms with Gasteiger partial charge in [-0.1, -0.05) is 12.1 Å². The number of ether oxygens (including phenoxy) is 3. The lowest BCUT2D eigenvalue weighted by molar-refractivity contribution is 0.0520. The molecule has 0 unspecified atom stereocenters. The Balaban J connectivity index is 2.44. The molecule has 0 spiro atoms. The molecule has 1 aromatic rings. The number of nitrogens with one attached hydrogen (secondary N) is 1. The molecular formula is C14H21NO4. The molecule has 106 valence electrons. The van der Waals surface area contributed by atoms with Gasteiger partial charge in [-0.25, -0.2) is 4.79 Å². The van der Waals surface area contributed by atoms with Crippen LogP contribution in [-0.4, -0.2) is 31.9 Å². The van der Waals surface area contributed by atoms with Crippen LogP contribution < -0.4 is 14.8 Å². The summed E-state index contributed by atoms with van der Waals surface area (Å²) in [6.07, 6.45) is -0.539. The Kier molecular flexibility index (Phi) is 3.96. The van der Waals surface area contributed by atoms with Crippen molar-refractivity contribution in [2.24, 2.45) is 0 Å². The van der Waals surface area contributed by atoms with Gasteiger partial charge in [0, 0.05) is 0 Å². The van der Waals surface area contributed by atoms with Crippen molar-refractivity contribution < 1.29 is 23.1 Å². The lowest BCUT2D eigenvalue weighted by atomic mass is 10.2. The summed E-state index contributed by atoms with van der Waals surface area (Å²) < 4.78 is 36.6. The molecular weight excluding hydrogens is 246 g/mol. The number of carbonyl (C=O) groups excluding carboxylic acids is 1. The summed E-state index contributed by atoms with van der Waals surface area (Å²) in [7, 11) is -2.55. The SMILES string of the molecule is [2H]C([2H])([2H])Oc1ccccc1OCCNC(=O)OC(C)(C)C. The van der Waals surface area contributed by atoms with Crippen molar-refractivity contribution in [3.8, 4) is 11.5 Å². The number of amides is 1. The minimum absolute atomic E-state index is 0.125. The first kappa shape index (κ1) is 11.0. The zero-order valence-corrected chi connectivity index (χ0v) is 11.4. The van der Waals surface area contributed by atoms with Crippen LogP contribution in [0.25, 0.3) is 0 Å². The van der Waals surface area contributed by atoms with Gasteiger partial charge >= 0.3 is 6.09 Å². The summed E-state index contributed by atoms with van der Waals surface area (Å²) in [6.45, 7) is 5.68. The summed E-state index contributed by atoms with van der Waals surface area (Å²) in [5, 5.41) is 2.54. The zero-order valence-electron chi connectivity index (χ0n) is 14.4. The Morgan fingerprint density at radius 3 is 2.63 bits per heavy atom. The molecule has 0 bridgehead atoms. The molecule has 0 saturated carbocycles. The fraction of sp³-hybridized carbons (Fsp3) is 0.500. The van der Waals surface area contributed by atoms with E-state index in [1.807, 2.05) is 0 Å². The maximum absolute atomic E-state index is 11.4. The van der Waals surface area contributed by atoms with Gasteiger partial charge in [-0.15, -0.1) is 0 Å². The number of hydrogen-bond acceptors (Lipinski definition) is 4. The van der Waals surface area contributed by atoms with E-state index in [4.69, 9.17) is 18.3 Å². The van der Waals surface area contributed by atoms with E-state index in [-0.39, 0.29) is 18.9 Å². The molecule has 0 aliphatic heterocycles. The lowest BCUT2D eigenvalue weighted by Gasteiger charge is -2.19. The Bertz CT molecular complexity index is 498. The van der Waals surface area contributed by atoms with Gasteiger partial charge in [-0.2, -0.15) is 0 Å². The summed E-state index contributed by atoms with van der Waals surface area (Å²) >= 11 is 0. The first-order chi connectivity index (χ1) is 10.1. The molecule has 5 nitrogen and oxygen atoms in total. The number of methoxy groups -OCH3 is 1. The van der Waals surface area contributed by atoms with E-state index in [0.717, 1.165) is 0 Å². The summed E-state index contributed by atoms with van der Waals surface area (Å²) in [4.78, 5) is 11.4. The molecule has 0 atom stereocenters. The van der Waals surface area contributed by atoms with Gasteiger partial charge < -0.3 is 19.5 Å². The minimum atomic E-state index is -2.55. The zero-order chi connectivity index (χ0) is 16.8. The van der Waals surface area contributed by atoms with E-state index in [9.17, 15) is 4.79 Å². The Morgan fingerprint density at radius 1 is 1.32 bits per heavy atom. The Labute approximate surface area is 118 Å². The molecule has 0 aromatic heterocycles. The number of benzene rings is 1. The second-order valence-electron chi connectivity index (χ2n) is 4.83. The Morgan fingerprint density at radius 2 is 2.00 bits per heavy atom. The van der Waals surface area contributed by atoms with Crippen LogP contribution in [0.15, 0.2) is 24.3 Å². The maximum atomic E-state index is 11.4. The number of para-hydroxylation sites is 2. The second kappa shape index (κ2) is 6.87. The van der Waals surface area contributed by atoms with Crippen molar-refractivity contribution in [2.75, 3.05) is 20.2 Å². The van der Waals surface area contributed by atoms with Crippen LogP contribution in [0.1, 0.15) is 24.9 Å². The molecule has 0 fully saturated rings. The monoisotopic (exact) mass is 270 g/mol. The van der Waals surface area contributed by atoms with Gasteiger partial charge in [0.05, 0.1) is 17.7 Å². The quantitative estimate of drug-likeness (QED) is 0.836. The number of carbonyl (C=O) groups is 1. The number of hydrogen-bond donors (Lipinski definition) is 1. The summed E-state index contributed by atoms with van der Waals surface area (Å²) in [5.41, 5.74) is -0.564. The van der Waals surface area contributed by atoms with Crippen molar-refractivity contribution in [2.45, 2.75) is 26.4 Å². The normalized spacial score (nSPS) is 13.7. The largest absolute Gasteiger partial charge is 0.493 e. The molecule has 1 aromatic carbocycles. The fourth-order valence-corrected chi connectivity index (χ4v) is 1.28. The smallest absolute Gasteiger partial charge is 0.407 e. The van der Waals surface area contributed by atoms with Crippen molar-refractivity contribution >= 4 is 6.09 Å². The molecule has 0 radical (unpaired) electrons. The molecule has 0 saturated heterocycles. The molecule has 1 amide bonds. The average molecular weight is 270 g/mol. The van der Waals surface area contributed by atoms with Gasteiger partial charge in [0.25, 0.3) is 0 Å². The van der Waals surface area contributed by atoms with Gasteiger partial charge in [0.1, 0.15) is 12.2 Å². The van der Waals surface area contributed by atoms with E-state index in [1.54, 1.807) is 39.0 Å². The molecule has 5 heteroatoms. The highest BCUT2D eigenvalue weighted by molar-refractivity contribution is 5.67. The van der Waals surface area contributed by atoms with Crippen LogP contribution in [0.4, 0.5) is 4.79 Å². The third-order valence-corrected chi connectivity index (χ3v) is 1.99. The first-order valence-electron chi connectivity index (χ1n) is 7.44. The highest BCUT2D eigenvalue weighted by Gasteiger charge is 2.15. The highest BCUT2D eigenvalue weighted by atomic mass is 16.6. The second-order valence-corrected chi connectivity index (χ2v) is 4.83. The van der Waals surface area contributed by atoms with E-state index < -0.39 is 18.7 Å². The van der Waals surface area contributed by atoms with Crippen LogP contribution in [0.5, 0.6) is 11.5 Å². The molecule has 1 N–H and O–H groups in total. The van der Waals surface area contributed by atoms with Crippen LogP contribution in [0.3, 0.4) is 0 Å². The number of rotatable bonds is 5. The predicted molar refractivity (Wildman–Crippen MR) is 72.7 cm³/mol. The predicted octanol–water partition coefficient (Wildman–Crippen LogP) is 2.60. The van der Waals surface area contributed by atoms with Crippen molar-refractivity contribution in [1.82, 2.24) is 5.32 Å².